The summed E-state index contributed by atoms with van der Waals surface area (Å²) in [6.45, 7) is 0.633. The standard InChI is InChI=1S/C23H21FN4O10/c1-11(30)36-19-17(10-29)38-22(20(19)37-12(2)31)27-9-15(24)21(32)26(23(27)33)8-14-16(28(34)35)6-5-13-4-3-7-25-18(13)14/h3-7,9,17,19-20,22,29H,8,10H2,1-2H3/t17-,19-,20-,22-/m1/s1. The second kappa shape index (κ2) is 10.5. The Balaban J connectivity index is 1.88. The molecule has 0 bridgehead atoms. The normalized spacial score (nSPS) is 20.8. The molecular formula is C23H21FN4O10. The van der Waals surface area contributed by atoms with Gasteiger partial charge in [0.05, 0.1) is 35.4 Å². The summed E-state index contributed by atoms with van der Waals surface area (Å²) < 4.78 is 31.8. The fraction of sp³-hybridized carbons (Fsp3) is 0.348. The monoisotopic (exact) mass is 532 g/mol. The number of ether oxygens (including phenoxy) is 3. The average Bonchev–Trinajstić information content (AvgIpc) is 3.19. The van der Waals surface area contributed by atoms with Crippen LogP contribution >= 0.6 is 0 Å². The first kappa shape index (κ1) is 26.6. The van der Waals surface area contributed by atoms with E-state index in [2.05, 4.69) is 4.98 Å². The number of hydrogen-bond acceptors (Lipinski definition) is 11. The van der Waals surface area contributed by atoms with Crippen molar-refractivity contribution in [1.82, 2.24) is 14.1 Å². The van der Waals surface area contributed by atoms with Crippen molar-refractivity contribution in [1.29, 1.82) is 0 Å². The molecule has 1 aliphatic heterocycles. The number of nitrogens with zero attached hydrogens (tertiary/aromatic N) is 4. The maximum Gasteiger partial charge on any atom is 0.333 e. The lowest BCUT2D eigenvalue weighted by atomic mass is 10.1. The van der Waals surface area contributed by atoms with Crippen molar-refractivity contribution < 1.29 is 38.2 Å². The second-order valence-corrected chi connectivity index (χ2v) is 8.35. The molecule has 2 aromatic heterocycles. The molecule has 3 aromatic rings. The minimum atomic E-state index is -1.63. The van der Waals surface area contributed by atoms with Gasteiger partial charge in [0.1, 0.15) is 6.10 Å². The topological polar surface area (TPSA) is 182 Å². The number of rotatable bonds is 7. The van der Waals surface area contributed by atoms with Gasteiger partial charge in [0, 0.05) is 31.5 Å². The third-order valence-corrected chi connectivity index (χ3v) is 5.87. The van der Waals surface area contributed by atoms with Crippen molar-refractivity contribution in [3.63, 3.8) is 0 Å². The van der Waals surface area contributed by atoms with E-state index < -0.39 is 77.3 Å². The number of carbonyl (C=O) groups is 2. The van der Waals surface area contributed by atoms with Gasteiger partial charge in [-0.2, -0.15) is 4.39 Å². The molecule has 200 valence electrons. The van der Waals surface area contributed by atoms with Gasteiger partial charge >= 0.3 is 17.6 Å². The van der Waals surface area contributed by atoms with Gasteiger partial charge in [-0.15, -0.1) is 0 Å². The van der Waals surface area contributed by atoms with E-state index in [1.54, 1.807) is 12.1 Å². The summed E-state index contributed by atoms with van der Waals surface area (Å²) in [4.78, 5) is 64.7. The van der Waals surface area contributed by atoms with Crippen LogP contribution in [0.3, 0.4) is 0 Å². The number of pyridine rings is 1. The average molecular weight is 532 g/mol. The van der Waals surface area contributed by atoms with Crippen molar-refractivity contribution in [2.75, 3.05) is 6.61 Å². The van der Waals surface area contributed by atoms with Crippen LogP contribution in [0.1, 0.15) is 25.6 Å². The van der Waals surface area contributed by atoms with Gasteiger partial charge in [0.15, 0.2) is 18.4 Å². The zero-order chi connectivity index (χ0) is 27.7. The molecule has 1 aliphatic rings. The van der Waals surface area contributed by atoms with E-state index in [-0.39, 0.29) is 11.1 Å². The summed E-state index contributed by atoms with van der Waals surface area (Å²) in [5.41, 5.74) is -3.02. The molecule has 1 fully saturated rings. The third-order valence-electron chi connectivity index (χ3n) is 5.87. The van der Waals surface area contributed by atoms with Gasteiger partial charge in [-0.05, 0) is 12.1 Å². The highest BCUT2D eigenvalue weighted by Gasteiger charge is 2.50. The van der Waals surface area contributed by atoms with Crippen molar-refractivity contribution in [2.24, 2.45) is 0 Å². The molecule has 0 radical (unpaired) electrons. The van der Waals surface area contributed by atoms with Gasteiger partial charge in [0.25, 0.3) is 11.2 Å². The van der Waals surface area contributed by atoms with Crippen molar-refractivity contribution in [2.45, 2.75) is 44.9 Å². The number of fused-ring (bicyclic) bond motifs is 1. The molecule has 1 aromatic carbocycles. The predicted octanol–water partition coefficient (Wildman–Crippen LogP) is 0.407. The summed E-state index contributed by atoms with van der Waals surface area (Å²) in [6, 6.07) is 5.82. The smallest absolute Gasteiger partial charge is 0.333 e. The van der Waals surface area contributed by atoms with Gasteiger partial charge in [-0.3, -0.25) is 38.6 Å². The molecule has 0 unspecified atom stereocenters. The Hall–Kier alpha value is -4.50. The van der Waals surface area contributed by atoms with Gasteiger partial charge < -0.3 is 19.3 Å². The van der Waals surface area contributed by atoms with E-state index in [9.17, 15) is 38.8 Å². The molecule has 0 saturated carbocycles. The first-order chi connectivity index (χ1) is 18.0. The lowest BCUT2D eigenvalue weighted by Crippen LogP contribution is -2.46. The van der Waals surface area contributed by atoms with Crippen molar-refractivity contribution in [3.05, 3.63) is 79.0 Å². The first-order valence-electron chi connectivity index (χ1n) is 11.2. The Kier molecular flexibility index (Phi) is 7.32. The Bertz CT molecular complexity index is 1550. The number of esters is 2. The van der Waals surface area contributed by atoms with Crippen LogP contribution in [-0.2, 0) is 30.3 Å². The van der Waals surface area contributed by atoms with Crippen LogP contribution in [0.4, 0.5) is 10.1 Å². The molecule has 0 aliphatic carbocycles. The van der Waals surface area contributed by atoms with Crippen LogP contribution in [0.25, 0.3) is 10.9 Å². The summed E-state index contributed by atoms with van der Waals surface area (Å²) in [6.07, 6.45) is -3.90. The van der Waals surface area contributed by atoms with Crippen LogP contribution in [0.2, 0.25) is 0 Å². The number of hydrogen-bond donors (Lipinski definition) is 1. The van der Waals surface area contributed by atoms with Crippen LogP contribution in [-0.4, -0.2) is 61.0 Å². The van der Waals surface area contributed by atoms with Gasteiger partial charge in [0.2, 0.25) is 5.82 Å². The fourth-order valence-corrected chi connectivity index (χ4v) is 4.32. The highest BCUT2D eigenvalue weighted by atomic mass is 19.1. The molecule has 38 heavy (non-hydrogen) atoms. The predicted molar refractivity (Wildman–Crippen MR) is 125 cm³/mol. The molecule has 0 amide bonds. The van der Waals surface area contributed by atoms with Crippen LogP contribution in [0, 0.1) is 15.9 Å². The zero-order valence-electron chi connectivity index (χ0n) is 20.0. The SMILES string of the molecule is CC(=O)O[C@@H]1[C@H](OC(C)=O)[C@@H](CO)O[C@H]1n1cc(F)c(=O)n(Cc2c([N+](=O)[O-])ccc3cccnc23)c1=O. The third kappa shape index (κ3) is 4.88. The Morgan fingerprint density at radius 2 is 1.87 bits per heavy atom. The van der Waals surface area contributed by atoms with E-state index in [0.29, 0.717) is 20.7 Å². The number of halogens is 1. The Labute approximate surface area is 211 Å². The van der Waals surface area contributed by atoms with E-state index >= 15 is 0 Å². The highest BCUT2D eigenvalue weighted by Crippen LogP contribution is 2.33. The minimum Gasteiger partial charge on any atom is -0.456 e. The molecular weight excluding hydrogens is 511 g/mol. The summed E-state index contributed by atoms with van der Waals surface area (Å²) in [7, 11) is 0. The molecule has 1 saturated heterocycles. The van der Waals surface area contributed by atoms with E-state index in [4.69, 9.17) is 14.2 Å². The van der Waals surface area contributed by atoms with Crippen LogP contribution in [0.15, 0.2) is 46.2 Å². The molecule has 3 heterocycles. The molecule has 0 spiro atoms. The first-order valence-corrected chi connectivity index (χ1v) is 11.2. The Morgan fingerprint density at radius 1 is 1.18 bits per heavy atom. The number of aliphatic hydroxyl groups excluding tert-OH is 1. The Morgan fingerprint density at radius 3 is 2.50 bits per heavy atom. The van der Waals surface area contributed by atoms with Gasteiger partial charge in [-0.1, -0.05) is 6.07 Å². The molecule has 1 N–H and O–H groups in total. The number of nitro groups is 1. The zero-order valence-corrected chi connectivity index (χ0v) is 20.0. The largest absolute Gasteiger partial charge is 0.456 e. The number of nitro benzene ring substituents is 1. The van der Waals surface area contributed by atoms with Crippen molar-refractivity contribution in [3.8, 4) is 0 Å². The summed E-state index contributed by atoms with van der Waals surface area (Å²) in [5.74, 6) is -3.10. The second-order valence-electron chi connectivity index (χ2n) is 8.35. The fourth-order valence-electron chi connectivity index (χ4n) is 4.32. The molecule has 4 atom stereocenters. The maximum absolute atomic E-state index is 14.9. The maximum atomic E-state index is 14.9. The highest BCUT2D eigenvalue weighted by molar-refractivity contribution is 5.85. The van der Waals surface area contributed by atoms with Gasteiger partial charge in [-0.25, -0.2) is 4.79 Å². The lowest BCUT2D eigenvalue weighted by molar-refractivity contribution is -0.385. The molecule has 4 rings (SSSR count). The van der Waals surface area contributed by atoms with Crippen LogP contribution in [0.5, 0.6) is 0 Å². The number of benzene rings is 1. The van der Waals surface area contributed by atoms with Crippen LogP contribution < -0.4 is 11.2 Å². The van der Waals surface area contributed by atoms with E-state index in [0.717, 1.165) is 13.8 Å². The lowest BCUT2D eigenvalue weighted by Gasteiger charge is -2.24. The number of carbonyl (C=O) groups excluding carboxylic acids is 2. The van der Waals surface area contributed by atoms with E-state index in [1.807, 2.05) is 0 Å². The van der Waals surface area contributed by atoms with Crippen molar-refractivity contribution >= 4 is 28.5 Å². The molecule has 14 nitrogen and oxygen atoms in total. The van der Waals surface area contributed by atoms with E-state index in [1.165, 1.54) is 18.3 Å². The summed E-state index contributed by atoms with van der Waals surface area (Å²) in [5, 5.41) is 21.9. The summed E-state index contributed by atoms with van der Waals surface area (Å²) >= 11 is 0. The molecule has 15 heteroatoms. The minimum absolute atomic E-state index is 0.119. The number of aromatic nitrogens is 3. The number of aliphatic hydroxyl groups is 1. The quantitative estimate of drug-likeness (QED) is 0.253.